The van der Waals surface area contributed by atoms with E-state index in [2.05, 4.69) is 5.32 Å². The van der Waals surface area contributed by atoms with Gasteiger partial charge in [-0.15, -0.1) is 0 Å². The first-order chi connectivity index (χ1) is 10.3. The molecule has 1 N–H and O–H groups in total. The molecule has 0 saturated carbocycles. The Morgan fingerprint density at radius 1 is 1.36 bits per heavy atom. The normalized spacial score (nSPS) is 20.8. The SMILES string of the molecule is CC1CN(C(=O)C(C)Cc2ccc(C(F)(F)F)cc2)CCN1. The summed E-state index contributed by atoms with van der Waals surface area (Å²) in [6, 6.07) is 5.31. The monoisotopic (exact) mass is 314 g/mol. The zero-order valence-electron chi connectivity index (χ0n) is 12.8. The Hall–Kier alpha value is -1.56. The molecular weight excluding hydrogens is 293 g/mol. The number of hydrogen-bond donors (Lipinski definition) is 1. The van der Waals surface area contributed by atoms with Crippen molar-refractivity contribution in [1.29, 1.82) is 0 Å². The maximum Gasteiger partial charge on any atom is 0.416 e. The van der Waals surface area contributed by atoms with Crippen LogP contribution in [-0.4, -0.2) is 36.5 Å². The molecule has 0 aliphatic carbocycles. The second kappa shape index (κ2) is 6.69. The Labute approximate surface area is 128 Å². The number of hydrogen-bond acceptors (Lipinski definition) is 2. The van der Waals surface area contributed by atoms with Crippen LogP contribution in [-0.2, 0) is 17.4 Å². The molecular formula is C16H21F3N2O. The fourth-order valence-corrected chi connectivity index (χ4v) is 2.71. The zero-order chi connectivity index (χ0) is 16.3. The Balaban J connectivity index is 1.96. The van der Waals surface area contributed by atoms with Gasteiger partial charge < -0.3 is 10.2 Å². The highest BCUT2D eigenvalue weighted by molar-refractivity contribution is 5.79. The Morgan fingerprint density at radius 3 is 2.55 bits per heavy atom. The van der Waals surface area contributed by atoms with E-state index in [-0.39, 0.29) is 17.9 Å². The summed E-state index contributed by atoms with van der Waals surface area (Å²) in [6.45, 7) is 5.99. The van der Waals surface area contributed by atoms with Crippen molar-refractivity contribution in [3.8, 4) is 0 Å². The van der Waals surface area contributed by atoms with E-state index in [1.807, 2.05) is 18.7 Å². The zero-order valence-corrected chi connectivity index (χ0v) is 12.8. The van der Waals surface area contributed by atoms with Gasteiger partial charge in [0.05, 0.1) is 5.56 Å². The van der Waals surface area contributed by atoms with Gasteiger partial charge in [0.2, 0.25) is 5.91 Å². The van der Waals surface area contributed by atoms with E-state index in [1.165, 1.54) is 12.1 Å². The van der Waals surface area contributed by atoms with E-state index in [0.29, 0.717) is 19.5 Å². The number of carbonyl (C=O) groups excluding carboxylic acids is 1. The van der Waals surface area contributed by atoms with Crippen LogP contribution in [0.4, 0.5) is 13.2 Å². The van der Waals surface area contributed by atoms with Crippen LogP contribution >= 0.6 is 0 Å². The number of halogens is 3. The number of carbonyl (C=O) groups is 1. The number of nitrogens with zero attached hydrogens (tertiary/aromatic N) is 1. The summed E-state index contributed by atoms with van der Waals surface area (Å²) >= 11 is 0. The van der Waals surface area contributed by atoms with E-state index >= 15 is 0 Å². The molecule has 1 fully saturated rings. The minimum Gasteiger partial charge on any atom is -0.340 e. The quantitative estimate of drug-likeness (QED) is 0.930. The number of amides is 1. The highest BCUT2D eigenvalue weighted by atomic mass is 19.4. The minimum atomic E-state index is -4.32. The molecule has 1 aromatic carbocycles. The smallest absolute Gasteiger partial charge is 0.340 e. The largest absolute Gasteiger partial charge is 0.416 e. The predicted octanol–water partition coefficient (Wildman–Crippen LogP) is 2.70. The highest BCUT2D eigenvalue weighted by Gasteiger charge is 2.30. The van der Waals surface area contributed by atoms with Gasteiger partial charge in [0, 0.05) is 31.6 Å². The Bertz CT molecular complexity index is 513. The summed E-state index contributed by atoms with van der Waals surface area (Å²) < 4.78 is 37.6. The molecule has 0 spiro atoms. The molecule has 1 aromatic rings. The van der Waals surface area contributed by atoms with Gasteiger partial charge >= 0.3 is 6.18 Å². The highest BCUT2D eigenvalue weighted by Crippen LogP contribution is 2.29. The molecule has 0 aromatic heterocycles. The molecule has 1 saturated heterocycles. The van der Waals surface area contributed by atoms with E-state index in [0.717, 1.165) is 24.2 Å². The molecule has 0 bridgehead atoms. The first-order valence-electron chi connectivity index (χ1n) is 7.45. The molecule has 6 heteroatoms. The van der Waals surface area contributed by atoms with Crippen LogP contribution in [0, 0.1) is 5.92 Å². The molecule has 2 unspecified atom stereocenters. The van der Waals surface area contributed by atoms with E-state index in [1.54, 1.807) is 0 Å². The van der Waals surface area contributed by atoms with Crippen LogP contribution < -0.4 is 5.32 Å². The van der Waals surface area contributed by atoms with E-state index in [4.69, 9.17) is 0 Å². The second-order valence-electron chi connectivity index (χ2n) is 5.94. The van der Waals surface area contributed by atoms with Crippen molar-refractivity contribution < 1.29 is 18.0 Å². The molecule has 0 radical (unpaired) electrons. The Morgan fingerprint density at radius 2 is 2.00 bits per heavy atom. The molecule has 1 amide bonds. The number of alkyl halides is 3. The van der Waals surface area contributed by atoms with Crippen LogP contribution in [0.2, 0.25) is 0 Å². The summed E-state index contributed by atoms with van der Waals surface area (Å²) in [5.41, 5.74) is 0.0863. The summed E-state index contributed by atoms with van der Waals surface area (Å²) in [7, 11) is 0. The van der Waals surface area contributed by atoms with Crippen molar-refractivity contribution >= 4 is 5.91 Å². The molecule has 122 valence electrons. The van der Waals surface area contributed by atoms with Crippen LogP contribution in [0.1, 0.15) is 25.0 Å². The average Bonchev–Trinajstić information content (AvgIpc) is 2.46. The van der Waals surface area contributed by atoms with Crippen molar-refractivity contribution in [2.24, 2.45) is 5.92 Å². The van der Waals surface area contributed by atoms with Crippen LogP contribution in [0.3, 0.4) is 0 Å². The van der Waals surface area contributed by atoms with E-state index < -0.39 is 11.7 Å². The first kappa shape index (κ1) is 16.8. The van der Waals surface area contributed by atoms with Gasteiger partial charge in [-0.2, -0.15) is 13.2 Å². The van der Waals surface area contributed by atoms with Gasteiger partial charge in [0.25, 0.3) is 0 Å². The second-order valence-corrected chi connectivity index (χ2v) is 5.94. The van der Waals surface area contributed by atoms with Crippen molar-refractivity contribution in [3.63, 3.8) is 0 Å². The van der Waals surface area contributed by atoms with Gasteiger partial charge in [0.1, 0.15) is 0 Å². The van der Waals surface area contributed by atoms with Gasteiger partial charge in [-0.3, -0.25) is 4.79 Å². The maximum atomic E-state index is 12.5. The summed E-state index contributed by atoms with van der Waals surface area (Å²) in [6.07, 6.45) is -3.87. The maximum absolute atomic E-state index is 12.5. The van der Waals surface area contributed by atoms with Gasteiger partial charge in [-0.1, -0.05) is 19.1 Å². The fourth-order valence-electron chi connectivity index (χ4n) is 2.71. The first-order valence-corrected chi connectivity index (χ1v) is 7.45. The van der Waals surface area contributed by atoms with Crippen LogP contribution in [0.25, 0.3) is 0 Å². The van der Waals surface area contributed by atoms with Crippen molar-refractivity contribution in [2.45, 2.75) is 32.5 Å². The minimum absolute atomic E-state index is 0.0632. The van der Waals surface area contributed by atoms with Crippen molar-refractivity contribution in [3.05, 3.63) is 35.4 Å². The van der Waals surface area contributed by atoms with E-state index in [9.17, 15) is 18.0 Å². The lowest BCUT2D eigenvalue weighted by atomic mass is 9.98. The molecule has 3 nitrogen and oxygen atoms in total. The lowest BCUT2D eigenvalue weighted by Gasteiger charge is -2.33. The lowest BCUT2D eigenvalue weighted by Crippen LogP contribution is -2.52. The van der Waals surface area contributed by atoms with Crippen LogP contribution in [0.5, 0.6) is 0 Å². The van der Waals surface area contributed by atoms with Crippen molar-refractivity contribution in [2.75, 3.05) is 19.6 Å². The number of nitrogens with one attached hydrogen (secondary N) is 1. The molecule has 1 aliphatic rings. The molecule has 22 heavy (non-hydrogen) atoms. The number of rotatable bonds is 3. The Kier molecular flexibility index (Phi) is 5.11. The molecule has 1 heterocycles. The fraction of sp³-hybridized carbons (Fsp3) is 0.562. The third kappa shape index (κ3) is 4.22. The average molecular weight is 314 g/mol. The third-order valence-electron chi connectivity index (χ3n) is 3.93. The number of piperazine rings is 1. The van der Waals surface area contributed by atoms with Gasteiger partial charge in [-0.05, 0) is 31.0 Å². The molecule has 2 atom stereocenters. The molecule has 1 aliphatic heterocycles. The summed E-state index contributed by atoms with van der Waals surface area (Å²) in [5.74, 6) is -0.171. The topological polar surface area (TPSA) is 32.3 Å². The molecule has 2 rings (SSSR count). The summed E-state index contributed by atoms with van der Waals surface area (Å²) in [4.78, 5) is 14.2. The van der Waals surface area contributed by atoms with Gasteiger partial charge in [-0.25, -0.2) is 0 Å². The lowest BCUT2D eigenvalue weighted by molar-refractivity contribution is -0.138. The summed E-state index contributed by atoms with van der Waals surface area (Å²) in [5, 5.41) is 3.28. The van der Waals surface area contributed by atoms with Crippen LogP contribution in [0.15, 0.2) is 24.3 Å². The van der Waals surface area contributed by atoms with Gasteiger partial charge in [0.15, 0.2) is 0 Å². The van der Waals surface area contributed by atoms with Crippen molar-refractivity contribution in [1.82, 2.24) is 10.2 Å². The standard InChI is InChI=1S/C16H21F3N2O/c1-11(15(22)21-8-7-20-12(2)10-21)9-13-3-5-14(6-4-13)16(17,18)19/h3-6,11-12,20H,7-10H2,1-2H3. The number of benzene rings is 1. The predicted molar refractivity (Wildman–Crippen MR) is 78.4 cm³/mol. The third-order valence-corrected chi connectivity index (χ3v) is 3.93.